The Labute approximate surface area is 218 Å². The van der Waals surface area contributed by atoms with Crippen LogP contribution < -0.4 is 9.47 Å². The zero-order valence-corrected chi connectivity index (χ0v) is 20.3. The first kappa shape index (κ1) is 27.5. The van der Waals surface area contributed by atoms with Gasteiger partial charge in [-0.1, -0.05) is 59.9 Å². The summed E-state index contributed by atoms with van der Waals surface area (Å²) in [4.78, 5) is 0. The third-order valence-corrected chi connectivity index (χ3v) is 5.21. The van der Waals surface area contributed by atoms with Crippen molar-refractivity contribution in [2.45, 2.75) is 14.4 Å². The molecule has 0 bridgehead atoms. The van der Waals surface area contributed by atoms with Gasteiger partial charge in [-0.05, 0) is 79.2 Å². The molecule has 4 rings (SSSR count). The third kappa shape index (κ3) is 7.93. The largest absolute Gasteiger partial charge is 0.504 e. The fourth-order valence-electron chi connectivity index (χ4n) is 2.60. The molecular weight excluding hydrogens is 518 g/mol. The molecule has 4 aromatic carbocycles. The Hall–Kier alpha value is -2.76. The number of hydrogen-bond donors (Lipinski definition) is 2. The molecule has 0 amide bonds. The summed E-state index contributed by atoms with van der Waals surface area (Å²) in [6.07, 6.45) is 0. The lowest BCUT2D eigenvalue weighted by molar-refractivity contribution is 0.411. The van der Waals surface area contributed by atoms with Crippen LogP contribution in [0, 0.1) is 6.92 Å². The number of aryl methyl sites for hydroxylation is 1. The molecule has 0 aromatic heterocycles. The highest BCUT2D eigenvalue weighted by Crippen LogP contribution is 2.36. The molecule has 0 saturated carbocycles. The van der Waals surface area contributed by atoms with E-state index in [1.54, 1.807) is 66.7 Å². The molecule has 0 aliphatic heterocycles. The molecule has 0 fully saturated rings. The van der Waals surface area contributed by atoms with Crippen LogP contribution in [0.1, 0.15) is 13.0 Å². The van der Waals surface area contributed by atoms with Gasteiger partial charge in [-0.15, -0.1) is 0 Å². The monoisotopic (exact) mass is 538 g/mol. The van der Waals surface area contributed by atoms with Crippen LogP contribution in [0.2, 0.25) is 20.1 Å². The normalized spacial score (nSPS) is 9.91. The fraction of sp³-hybridized carbons (Fsp3) is 0.0769. The lowest BCUT2D eigenvalue weighted by atomic mass is 10.2. The Balaban J connectivity index is 0.000000234. The molecule has 0 aliphatic carbocycles. The molecule has 0 spiro atoms. The van der Waals surface area contributed by atoms with Crippen LogP contribution in [-0.2, 0) is 0 Å². The van der Waals surface area contributed by atoms with Gasteiger partial charge in [0.2, 0.25) is 0 Å². The molecule has 0 radical (unpaired) electrons. The smallest absolute Gasteiger partial charge is 0.169 e. The van der Waals surface area contributed by atoms with Gasteiger partial charge in [0, 0.05) is 21.1 Å². The lowest BCUT2D eigenvalue weighted by Gasteiger charge is -2.09. The van der Waals surface area contributed by atoms with E-state index in [1.165, 1.54) is 6.07 Å². The number of phenols is 2. The average molecular weight is 540 g/mol. The minimum atomic E-state index is -0.0523. The Morgan fingerprint density at radius 2 is 1.06 bits per heavy atom. The molecule has 178 valence electrons. The summed E-state index contributed by atoms with van der Waals surface area (Å²) >= 11 is 23.2. The zero-order chi connectivity index (χ0) is 24.0. The van der Waals surface area contributed by atoms with Crippen LogP contribution in [0.4, 0.5) is 0 Å². The molecule has 0 heterocycles. The minimum Gasteiger partial charge on any atom is -0.504 e. The molecule has 4 nitrogen and oxygen atoms in total. The summed E-state index contributed by atoms with van der Waals surface area (Å²) in [7, 11) is 0. The van der Waals surface area contributed by atoms with Gasteiger partial charge in [-0.2, -0.15) is 0 Å². The molecule has 34 heavy (non-hydrogen) atoms. The second kappa shape index (κ2) is 12.6. The zero-order valence-electron chi connectivity index (χ0n) is 17.2. The van der Waals surface area contributed by atoms with Gasteiger partial charge in [-0.3, -0.25) is 0 Å². The van der Waals surface area contributed by atoms with Crippen LogP contribution >= 0.6 is 46.4 Å². The SMILES string of the molecule is C.Cc1ccc(Oc2ccc(Cl)cc2)c(O)c1.Oc1cc(Cl)ccc1Oc1ccc(Cl)cc1Cl. The van der Waals surface area contributed by atoms with Gasteiger partial charge in [-0.25, -0.2) is 0 Å². The molecule has 2 N–H and O–H groups in total. The van der Waals surface area contributed by atoms with Crippen molar-refractivity contribution in [2.75, 3.05) is 0 Å². The van der Waals surface area contributed by atoms with E-state index in [2.05, 4.69) is 0 Å². The number of aromatic hydroxyl groups is 2. The number of ether oxygens (including phenoxy) is 2. The molecule has 0 aliphatic rings. The number of benzene rings is 4. The van der Waals surface area contributed by atoms with E-state index in [4.69, 9.17) is 55.9 Å². The molecular formula is C26H22Cl4O4. The van der Waals surface area contributed by atoms with E-state index in [0.717, 1.165) is 5.56 Å². The summed E-state index contributed by atoms with van der Waals surface area (Å²) in [6.45, 7) is 1.91. The molecule has 4 aromatic rings. The first-order valence-electron chi connectivity index (χ1n) is 9.56. The second-order valence-corrected chi connectivity index (χ2v) is 8.53. The lowest BCUT2D eigenvalue weighted by Crippen LogP contribution is -1.86. The highest BCUT2D eigenvalue weighted by Gasteiger charge is 2.08. The van der Waals surface area contributed by atoms with Crippen LogP contribution in [0.15, 0.2) is 78.9 Å². The van der Waals surface area contributed by atoms with Gasteiger partial charge >= 0.3 is 0 Å². The molecule has 0 unspecified atom stereocenters. The van der Waals surface area contributed by atoms with Crippen molar-refractivity contribution in [3.8, 4) is 34.5 Å². The molecule has 0 atom stereocenters. The van der Waals surface area contributed by atoms with Crippen molar-refractivity contribution in [1.29, 1.82) is 0 Å². The topological polar surface area (TPSA) is 58.9 Å². The first-order chi connectivity index (χ1) is 15.7. The van der Waals surface area contributed by atoms with Crippen molar-refractivity contribution in [3.63, 3.8) is 0 Å². The van der Waals surface area contributed by atoms with Crippen molar-refractivity contribution in [3.05, 3.63) is 105 Å². The van der Waals surface area contributed by atoms with E-state index >= 15 is 0 Å². The maximum atomic E-state index is 9.66. The maximum absolute atomic E-state index is 9.66. The van der Waals surface area contributed by atoms with Gasteiger partial charge in [0.25, 0.3) is 0 Å². The Morgan fingerprint density at radius 1 is 0.559 bits per heavy atom. The number of halogens is 4. The van der Waals surface area contributed by atoms with E-state index in [9.17, 15) is 10.2 Å². The summed E-state index contributed by atoms with van der Waals surface area (Å²) in [6, 6.07) is 21.6. The predicted molar refractivity (Wildman–Crippen MR) is 141 cm³/mol. The highest BCUT2D eigenvalue weighted by molar-refractivity contribution is 6.35. The van der Waals surface area contributed by atoms with E-state index in [-0.39, 0.29) is 24.7 Å². The Kier molecular flexibility index (Phi) is 10.2. The molecule has 0 saturated heterocycles. The average Bonchev–Trinajstić information content (AvgIpc) is 2.76. The summed E-state index contributed by atoms with van der Waals surface area (Å²) in [5, 5.41) is 21.2. The summed E-state index contributed by atoms with van der Waals surface area (Å²) in [5.41, 5.74) is 0.987. The fourth-order valence-corrected chi connectivity index (χ4v) is 3.34. The van der Waals surface area contributed by atoms with E-state index in [1.807, 2.05) is 13.0 Å². The summed E-state index contributed by atoms with van der Waals surface area (Å²) < 4.78 is 11.0. The maximum Gasteiger partial charge on any atom is 0.169 e. The van der Waals surface area contributed by atoms with Gasteiger partial charge in [0.1, 0.15) is 11.5 Å². The van der Waals surface area contributed by atoms with Crippen molar-refractivity contribution in [2.24, 2.45) is 0 Å². The van der Waals surface area contributed by atoms with Crippen LogP contribution in [0.5, 0.6) is 34.5 Å². The summed E-state index contributed by atoms with van der Waals surface area (Å²) in [5.74, 6) is 1.85. The van der Waals surface area contributed by atoms with Crippen LogP contribution in [0.3, 0.4) is 0 Å². The van der Waals surface area contributed by atoms with E-state index < -0.39 is 0 Å². The number of phenolic OH excluding ortho intramolecular Hbond substituents is 2. The quantitative estimate of drug-likeness (QED) is 0.271. The van der Waals surface area contributed by atoms with Crippen molar-refractivity contribution >= 4 is 46.4 Å². The number of hydrogen-bond acceptors (Lipinski definition) is 4. The third-order valence-electron chi connectivity index (χ3n) is 4.19. The Morgan fingerprint density at radius 3 is 1.65 bits per heavy atom. The minimum absolute atomic E-state index is 0. The van der Waals surface area contributed by atoms with Crippen molar-refractivity contribution in [1.82, 2.24) is 0 Å². The number of rotatable bonds is 4. The highest BCUT2D eigenvalue weighted by atomic mass is 35.5. The van der Waals surface area contributed by atoms with Gasteiger partial charge in [0.05, 0.1) is 5.02 Å². The van der Waals surface area contributed by atoms with Gasteiger partial charge in [0.15, 0.2) is 23.0 Å². The molecule has 8 heteroatoms. The van der Waals surface area contributed by atoms with Crippen LogP contribution in [0.25, 0.3) is 0 Å². The Bertz CT molecular complexity index is 1190. The first-order valence-corrected chi connectivity index (χ1v) is 11.1. The van der Waals surface area contributed by atoms with E-state index in [0.29, 0.717) is 37.3 Å². The second-order valence-electron chi connectivity index (χ2n) is 6.82. The van der Waals surface area contributed by atoms with Crippen LogP contribution in [-0.4, -0.2) is 10.2 Å². The van der Waals surface area contributed by atoms with Gasteiger partial charge < -0.3 is 19.7 Å². The van der Waals surface area contributed by atoms with Crippen molar-refractivity contribution < 1.29 is 19.7 Å². The standard InChI is InChI=1S/C13H11ClO2.C12H7Cl3O2.CH4/c1-9-2-7-13(12(15)8-9)16-11-5-3-10(14)4-6-11;13-7-1-3-11(9(15)5-7)17-12-4-2-8(14)6-10(12)16;/h2-8,15H,1H3;1-6,16H;1H4. The predicted octanol–water partition coefficient (Wildman–Crippen LogP) is 9.93.